The molecule has 0 aromatic heterocycles. The third-order valence-electron chi connectivity index (χ3n) is 3.60. The lowest BCUT2D eigenvalue weighted by molar-refractivity contribution is 0.413. The van der Waals surface area contributed by atoms with Crippen LogP contribution < -0.4 is 5.32 Å². The van der Waals surface area contributed by atoms with Gasteiger partial charge in [0.15, 0.2) is 0 Å². The number of halogens is 2. The molecule has 2 N–H and O–H groups in total. The predicted octanol–water partition coefficient (Wildman–Crippen LogP) is 4.47. The van der Waals surface area contributed by atoms with Crippen LogP contribution in [0.2, 0.25) is 0 Å². The predicted molar refractivity (Wildman–Crippen MR) is 79.0 cm³/mol. The van der Waals surface area contributed by atoms with Crippen LogP contribution in [0.25, 0.3) is 0 Å². The first kappa shape index (κ1) is 15.4. The highest BCUT2D eigenvalue weighted by atomic mass is 19.1. The van der Waals surface area contributed by atoms with Gasteiger partial charge < -0.3 is 10.4 Å². The van der Waals surface area contributed by atoms with Gasteiger partial charge in [0.2, 0.25) is 0 Å². The molecule has 0 aliphatic rings. The maximum atomic E-state index is 13.8. The zero-order valence-corrected chi connectivity index (χ0v) is 12.1. The molecule has 4 heteroatoms. The van der Waals surface area contributed by atoms with Crippen molar-refractivity contribution in [3.8, 4) is 5.75 Å². The molecule has 112 valence electrons. The van der Waals surface area contributed by atoms with Crippen LogP contribution in [0.5, 0.6) is 5.75 Å². The third kappa shape index (κ3) is 3.58. The fourth-order valence-electron chi connectivity index (χ4n) is 2.45. The molecule has 2 aromatic rings. The molecule has 0 amide bonds. The summed E-state index contributed by atoms with van der Waals surface area (Å²) in [5.74, 6) is -0.943. The fraction of sp³-hybridized carbons (Fsp3) is 0.294. The van der Waals surface area contributed by atoms with Gasteiger partial charge in [-0.3, -0.25) is 0 Å². The molecule has 0 fully saturated rings. The second-order valence-electron chi connectivity index (χ2n) is 5.07. The van der Waals surface area contributed by atoms with Crippen molar-refractivity contribution < 1.29 is 13.9 Å². The Labute approximate surface area is 123 Å². The van der Waals surface area contributed by atoms with Crippen LogP contribution in [0, 0.1) is 11.6 Å². The van der Waals surface area contributed by atoms with Gasteiger partial charge in [0.05, 0.1) is 0 Å². The Kier molecular flexibility index (Phi) is 4.91. The normalized spacial score (nSPS) is 13.9. The third-order valence-corrected chi connectivity index (χ3v) is 3.60. The second kappa shape index (κ2) is 6.68. The van der Waals surface area contributed by atoms with Crippen molar-refractivity contribution in [2.75, 3.05) is 0 Å². The van der Waals surface area contributed by atoms with Crippen molar-refractivity contribution in [1.29, 1.82) is 0 Å². The van der Waals surface area contributed by atoms with Gasteiger partial charge >= 0.3 is 0 Å². The molecule has 2 atom stereocenters. The van der Waals surface area contributed by atoms with E-state index in [4.69, 9.17) is 0 Å². The Bertz CT molecular complexity index is 615. The van der Waals surface area contributed by atoms with E-state index in [1.54, 1.807) is 12.1 Å². The standard InChI is InChI=1S/C17H19F2NO/c1-3-16(14-6-4-5-7-17(14)21)20-11(2)13-9-8-12(18)10-15(13)19/h4-11,16,20-21H,3H2,1-2H3. The van der Waals surface area contributed by atoms with Crippen molar-refractivity contribution in [3.63, 3.8) is 0 Å². The van der Waals surface area contributed by atoms with Crippen LogP contribution >= 0.6 is 0 Å². The van der Waals surface area contributed by atoms with Crippen molar-refractivity contribution in [1.82, 2.24) is 5.32 Å². The SMILES string of the molecule is CCC(NC(C)c1ccc(F)cc1F)c1ccccc1O. The average molecular weight is 291 g/mol. The summed E-state index contributed by atoms with van der Waals surface area (Å²) >= 11 is 0. The number of hydrogen-bond donors (Lipinski definition) is 2. The highest BCUT2D eigenvalue weighted by molar-refractivity contribution is 5.35. The summed E-state index contributed by atoms with van der Waals surface area (Å²) in [4.78, 5) is 0. The number of rotatable bonds is 5. The summed E-state index contributed by atoms with van der Waals surface area (Å²) in [6.07, 6.45) is 0.741. The smallest absolute Gasteiger partial charge is 0.130 e. The van der Waals surface area contributed by atoms with Gasteiger partial charge in [0.1, 0.15) is 17.4 Å². The number of benzene rings is 2. The Morgan fingerprint density at radius 2 is 1.81 bits per heavy atom. The summed E-state index contributed by atoms with van der Waals surface area (Å²) < 4.78 is 26.8. The largest absolute Gasteiger partial charge is 0.508 e. The molecule has 2 aromatic carbocycles. The lowest BCUT2D eigenvalue weighted by atomic mass is 10.00. The summed E-state index contributed by atoms with van der Waals surface area (Å²) in [5.41, 5.74) is 1.18. The molecule has 2 unspecified atom stereocenters. The minimum atomic E-state index is -0.587. The quantitative estimate of drug-likeness (QED) is 0.851. The molecular formula is C17H19F2NO. The maximum absolute atomic E-state index is 13.8. The molecular weight excluding hydrogens is 272 g/mol. The van der Waals surface area contributed by atoms with Gasteiger partial charge in [-0.2, -0.15) is 0 Å². The van der Waals surface area contributed by atoms with Crippen molar-refractivity contribution in [2.45, 2.75) is 32.4 Å². The lowest BCUT2D eigenvalue weighted by Gasteiger charge is -2.24. The Morgan fingerprint density at radius 1 is 1.10 bits per heavy atom. The Hall–Kier alpha value is -1.94. The van der Waals surface area contributed by atoms with Crippen molar-refractivity contribution >= 4 is 0 Å². The Morgan fingerprint density at radius 3 is 2.43 bits per heavy atom. The van der Waals surface area contributed by atoms with Crippen LogP contribution in [-0.4, -0.2) is 5.11 Å². The number of phenols is 1. The number of phenolic OH excluding ortho intramolecular Hbond substituents is 1. The molecule has 0 heterocycles. The van der Waals surface area contributed by atoms with Gasteiger partial charge in [-0.15, -0.1) is 0 Å². The molecule has 0 bridgehead atoms. The summed E-state index contributed by atoms with van der Waals surface area (Å²) in [7, 11) is 0. The maximum Gasteiger partial charge on any atom is 0.130 e. The van der Waals surface area contributed by atoms with E-state index < -0.39 is 11.6 Å². The van der Waals surface area contributed by atoms with Gasteiger partial charge in [-0.05, 0) is 25.5 Å². The zero-order valence-electron chi connectivity index (χ0n) is 12.1. The number of para-hydroxylation sites is 1. The molecule has 0 aliphatic heterocycles. The van der Waals surface area contributed by atoms with Gasteiger partial charge in [0.25, 0.3) is 0 Å². The molecule has 2 nitrogen and oxygen atoms in total. The second-order valence-corrected chi connectivity index (χ2v) is 5.07. The minimum Gasteiger partial charge on any atom is -0.508 e. The Balaban J connectivity index is 2.20. The van der Waals surface area contributed by atoms with E-state index in [1.807, 2.05) is 26.0 Å². The van der Waals surface area contributed by atoms with E-state index in [0.29, 0.717) is 5.56 Å². The van der Waals surface area contributed by atoms with E-state index in [2.05, 4.69) is 5.32 Å². The lowest BCUT2D eigenvalue weighted by Crippen LogP contribution is -2.25. The number of hydrogen-bond acceptors (Lipinski definition) is 2. The van der Waals surface area contributed by atoms with E-state index in [9.17, 15) is 13.9 Å². The van der Waals surface area contributed by atoms with E-state index >= 15 is 0 Å². The van der Waals surface area contributed by atoms with Gasteiger partial charge in [0, 0.05) is 29.3 Å². The first-order valence-corrected chi connectivity index (χ1v) is 7.01. The topological polar surface area (TPSA) is 32.3 Å². The van der Waals surface area contributed by atoms with Crippen molar-refractivity contribution in [2.24, 2.45) is 0 Å². The van der Waals surface area contributed by atoms with Gasteiger partial charge in [-0.25, -0.2) is 8.78 Å². The summed E-state index contributed by atoms with van der Waals surface area (Å²) in [5, 5.41) is 13.2. The monoisotopic (exact) mass is 291 g/mol. The average Bonchev–Trinajstić information content (AvgIpc) is 2.45. The molecule has 21 heavy (non-hydrogen) atoms. The van der Waals surface area contributed by atoms with Crippen LogP contribution in [0.3, 0.4) is 0 Å². The fourth-order valence-corrected chi connectivity index (χ4v) is 2.45. The van der Waals surface area contributed by atoms with Crippen LogP contribution in [0.4, 0.5) is 8.78 Å². The number of nitrogens with one attached hydrogen (secondary N) is 1. The van der Waals surface area contributed by atoms with Crippen LogP contribution in [0.1, 0.15) is 43.5 Å². The van der Waals surface area contributed by atoms with E-state index in [0.717, 1.165) is 18.1 Å². The summed E-state index contributed by atoms with van der Waals surface area (Å²) in [6.45, 7) is 3.80. The molecule has 0 spiro atoms. The first-order valence-electron chi connectivity index (χ1n) is 7.01. The molecule has 0 radical (unpaired) electrons. The molecule has 2 rings (SSSR count). The number of aromatic hydroxyl groups is 1. The highest BCUT2D eigenvalue weighted by Gasteiger charge is 2.18. The summed E-state index contributed by atoms with van der Waals surface area (Å²) in [6, 6.07) is 10.2. The van der Waals surface area contributed by atoms with Crippen LogP contribution in [-0.2, 0) is 0 Å². The van der Waals surface area contributed by atoms with E-state index in [1.165, 1.54) is 12.1 Å². The molecule has 0 saturated carbocycles. The van der Waals surface area contributed by atoms with Gasteiger partial charge in [-0.1, -0.05) is 31.2 Å². The van der Waals surface area contributed by atoms with Crippen molar-refractivity contribution in [3.05, 3.63) is 65.2 Å². The van der Waals surface area contributed by atoms with E-state index in [-0.39, 0.29) is 17.8 Å². The zero-order chi connectivity index (χ0) is 15.4. The highest BCUT2D eigenvalue weighted by Crippen LogP contribution is 2.29. The molecule has 0 aliphatic carbocycles. The molecule has 0 saturated heterocycles. The minimum absolute atomic E-state index is 0.106. The first-order chi connectivity index (χ1) is 10.0. The van der Waals surface area contributed by atoms with Crippen LogP contribution in [0.15, 0.2) is 42.5 Å².